The van der Waals surface area contributed by atoms with Crippen LogP contribution in [0.25, 0.3) is 0 Å². The lowest BCUT2D eigenvalue weighted by Crippen LogP contribution is -2.43. The summed E-state index contributed by atoms with van der Waals surface area (Å²) >= 11 is 5.30. The molecule has 2 heterocycles. The van der Waals surface area contributed by atoms with E-state index in [-0.39, 0.29) is 11.7 Å². The van der Waals surface area contributed by atoms with Crippen molar-refractivity contribution >= 4 is 34.6 Å². The van der Waals surface area contributed by atoms with Crippen LogP contribution in [0.5, 0.6) is 0 Å². The van der Waals surface area contributed by atoms with E-state index in [4.69, 9.17) is 17.0 Å². The van der Waals surface area contributed by atoms with E-state index in [1.807, 2.05) is 11.0 Å². The van der Waals surface area contributed by atoms with Crippen molar-refractivity contribution in [2.45, 2.75) is 6.42 Å². The number of thiocarbonyl (C=S) groups is 1. The second-order valence-electron chi connectivity index (χ2n) is 5.21. The summed E-state index contributed by atoms with van der Waals surface area (Å²) in [6.45, 7) is 2.49. The number of carbonyl (C=O) groups excluding carboxylic acids is 2. The SMILES string of the molecule is CN1C(=O)Cc2cc(C(=O)C(=S)N3CCOCC3)ccc21. The Morgan fingerprint density at radius 1 is 1.29 bits per heavy atom. The Kier molecular flexibility index (Phi) is 3.73. The van der Waals surface area contributed by atoms with Crippen LogP contribution in [0, 0.1) is 0 Å². The zero-order chi connectivity index (χ0) is 15.0. The van der Waals surface area contributed by atoms with Gasteiger partial charge in [-0.25, -0.2) is 0 Å². The number of fused-ring (bicyclic) bond motifs is 1. The maximum atomic E-state index is 12.5. The van der Waals surface area contributed by atoms with E-state index >= 15 is 0 Å². The van der Waals surface area contributed by atoms with Gasteiger partial charge >= 0.3 is 0 Å². The highest BCUT2D eigenvalue weighted by Gasteiger charge is 2.26. The number of hydrogen-bond acceptors (Lipinski definition) is 4. The quantitative estimate of drug-likeness (QED) is 0.604. The third kappa shape index (κ3) is 2.56. The number of ketones is 1. The fourth-order valence-electron chi connectivity index (χ4n) is 2.64. The summed E-state index contributed by atoms with van der Waals surface area (Å²) in [5, 5.41) is 0. The van der Waals surface area contributed by atoms with E-state index in [1.54, 1.807) is 24.1 Å². The molecular formula is C15H16N2O3S. The van der Waals surface area contributed by atoms with Gasteiger partial charge in [0.15, 0.2) is 4.99 Å². The Balaban J connectivity index is 1.81. The minimum absolute atomic E-state index is 0.0466. The molecule has 0 saturated carbocycles. The molecule has 0 aromatic heterocycles. The highest BCUT2D eigenvalue weighted by Crippen LogP contribution is 2.28. The summed E-state index contributed by atoms with van der Waals surface area (Å²) in [5.41, 5.74) is 2.31. The van der Waals surface area contributed by atoms with Gasteiger partial charge in [-0.15, -0.1) is 0 Å². The van der Waals surface area contributed by atoms with Crippen LogP contribution >= 0.6 is 12.2 Å². The molecule has 1 aromatic carbocycles. The molecule has 1 amide bonds. The minimum atomic E-state index is -0.156. The number of carbonyl (C=O) groups is 2. The molecular weight excluding hydrogens is 288 g/mol. The molecule has 0 N–H and O–H groups in total. The highest BCUT2D eigenvalue weighted by atomic mass is 32.1. The van der Waals surface area contributed by atoms with Gasteiger partial charge in [-0.3, -0.25) is 9.59 Å². The summed E-state index contributed by atoms with van der Waals surface area (Å²) in [7, 11) is 1.74. The molecule has 0 atom stereocenters. The number of anilines is 1. The van der Waals surface area contributed by atoms with Crippen LogP contribution in [0.1, 0.15) is 15.9 Å². The minimum Gasteiger partial charge on any atom is -0.378 e. The Labute approximate surface area is 128 Å². The van der Waals surface area contributed by atoms with Crippen molar-refractivity contribution in [3.63, 3.8) is 0 Å². The normalized spacial score (nSPS) is 17.9. The molecule has 1 aromatic rings. The van der Waals surface area contributed by atoms with Gasteiger partial charge < -0.3 is 14.5 Å². The summed E-state index contributed by atoms with van der Waals surface area (Å²) in [6.07, 6.45) is 0.345. The third-order valence-corrected chi connectivity index (χ3v) is 4.35. The van der Waals surface area contributed by atoms with Crippen LogP contribution in [0.2, 0.25) is 0 Å². The molecule has 0 spiro atoms. The number of morpholine rings is 1. The van der Waals surface area contributed by atoms with Crippen LogP contribution in [-0.2, 0) is 16.0 Å². The van der Waals surface area contributed by atoms with Gasteiger partial charge in [-0.05, 0) is 23.8 Å². The topological polar surface area (TPSA) is 49.9 Å². The highest BCUT2D eigenvalue weighted by molar-refractivity contribution is 7.82. The van der Waals surface area contributed by atoms with Crippen molar-refractivity contribution in [3.05, 3.63) is 29.3 Å². The summed E-state index contributed by atoms with van der Waals surface area (Å²) in [5.74, 6) is -0.109. The smallest absolute Gasteiger partial charge is 0.231 e. The predicted molar refractivity (Wildman–Crippen MR) is 82.9 cm³/mol. The van der Waals surface area contributed by atoms with Crippen molar-refractivity contribution in [1.82, 2.24) is 4.90 Å². The van der Waals surface area contributed by atoms with Crippen LogP contribution in [0.15, 0.2) is 18.2 Å². The van der Waals surface area contributed by atoms with Crippen molar-refractivity contribution < 1.29 is 14.3 Å². The first-order chi connectivity index (χ1) is 10.1. The van der Waals surface area contributed by atoms with E-state index in [0.717, 1.165) is 11.3 Å². The lowest BCUT2D eigenvalue weighted by atomic mass is 10.0. The number of ether oxygens (including phenoxy) is 1. The maximum absolute atomic E-state index is 12.5. The Morgan fingerprint density at radius 3 is 2.71 bits per heavy atom. The zero-order valence-corrected chi connectivity index (χ0v) is 12.6. The molecule has 1 saturated heterocycles. The summed E-state index contributed by atoms with van der Waals surface area (Å²) in [6, 6.07) is 5.34. The number of benzene rings is 1. The van der Waals surface area contributed by atoms with Gasteiger partial charge in [0, 0.05) is 31.4 Å². The zero-order valence-electron chi connectivity index (χ0n) is 11.8. The average Bonchev–Trinajstić information content (AvgIpc) is 2.81. The van der Waals surface area contributed by atoms with E-state index in [9.17, 15) is 9.59 Å². The van der Waals surface area contributed by atoms with Crippen molar-refractivity contribution in [2.75, 3.05) is 38.3 Å². The lowest BCUT2D eigenvalue weighted by molar-refractivity contribution is -0.117. The first-order valence-electron chi connectivity index (χ1n) is 6.89. The lowest BCUT2D eigenvalue weighted by Gasteiger charge is -2.28. The van der Waals surface area contributed by atoms with E-state index in [0.29, 0.717) is 43.3 Å². The van der Waals surface area contributed by atoms with Crippen LogP contribution < -0.4 is 4.90 Å². The predicted octanol–water partition coefficient (Wildman–Crippen LogP) is 1.05. The fraction of sp³-hybridized carbons (Fsp3) is 0.400. The molecule has 0 bridgehead atoms. The number of Topliss-reactive ketones (excluding diaryl/α,β-unsaturated/α-hetero) is 1. The van der Waals surface area contributed by atoms with Crippen molar-refractivity contribution in [2.24, 2.45) is 0 Å². The summed E-state index contributed by atoms with van der Waals surface area (Å²) in [4.78, 5) is 28.0. The second-order valence-corrected chi connectivity index (χ2v) is 5.59. The third-order valence-electron chi connectivity index (χ3n) is 3.91. The van der Waals surface area contributed by atoms with E-state index in [2.05, 4.69) is 0 Å². The molecule has 5 nitrogen and oxygen atoms in total. The van der Waals surface area contributed by atoms with Gasteiger partial charge in [0.1, 0.15) is 0 Å². The number of rotatable bonds is 2. The van der Waals surface area contributed by atoms with Crippen LogP contribution in [0.3, 0.4) is 0 Å². The Bertz CT molecular complexity index is 623. The van der Waals surface area contributed by atoms with Gasteiger partial charge in [0.25, 0.3) is 0 Å². The average molecular weight is 304 g/mol. The Morgan fingerprint density at radius 2 is 2.00 bits per heavy atom. The van der Waals surface area contributed by atoms with Crippen LogP contribution in [-0.4, -0.2) is 54.9 Å². The van der Waals surface area contributed by atoms with Gasteiger partial charge in [0.05, 0.1) is 19.6 Å². The number of hydrogen-bond donors (Lipinski definition) is 0. The summed E-state index contributed by atoms with van der Waals surface area (Å²) < 4.78 is 5.26. The molecule has 2 aliphatic heterocycles. The molecule has 0 radical (unpaired) electrons. The molecule has 2 aliphatic rings. The van der Waals surface area contributed by atoms with Crippen molar-refractivity contribution in [3.8, 4) is 0 Å². The van der Waals surface area contributed by atoms with Gasteiger partial charge in [-0.2, -0.15) is 0 Å². The first-order valence-corrected chi connectivity index (χ1v) is 7.29. The molecule has 21 heavy (non-hydrogen) atoms. The van der Waals surface area contributed by atoms with Crippen molar-refractivity contribution in [1.29, 1.82) is 0 Å². The molecule has 1 fully saturated rings. The number of amides is 1. The van der Waals surface area contributed by atoms with Crippen LogP contribution in [0.4, 0.5) is 5.69 Å². The van der Waals surface area contributed by atoms with E-state index in [1.165, 1.54) is 0 Å². The maximum Gasteiger partial charge on any atom is 0.231 e. The standard InChI is InChI=1S/C15H16N2O3S/c1-16-12-3-2-10(8-11(12)9-13(16)18)14(19)15(21)17-4-6-20-7-5-17/h2-3,8H,4-7,9H2,1H3. The molecule has 6 heteroatoms. The number of nitrogens with zero attached hydrogens (tertiary/aromatic N) is 2. The molecule has 110 valence electrons. The Hall–Kier alpha value is -1.79. The monoisotopic (exact) mass is 304 g/mol. The van der Waals surface area contributed by atoms with E-state index < -0.39 is 0 Å². The molecule has 0 aliphatic carbocycles. The second kappa shape index (κ2) is 5.54. The largest absolute Gasteiger partial charge is 0.378 e. The number of likely N-dealkylation sites (N-methyl/N-ethyl adjacent to an activating group) is 1. The molecule has 0 unspecified atom stereocenters. The molecule has 3 rings (SSSR count). The van der Waals surface area contributed by atoms with Gasteiger partial charge in [0.2, 0.25) is 11.7 Å². The first kappa shape index (κ1) is 14.2. The van der Waals surface area contributed by atoms with Gasteiger partial charge in [-0.1, -0.05) is 12.2 Å². The fourth-order valence-corrected chi connectivity index (χ4v) is 2.95.